The maximum Gasteiger partial charge on any atom is 0.253 e. The number of amides is 2. The minimum atomic E-state index is -1.04. The smallest absolute Gasteiger partial charge is 0.253 e. The molecule has 2 aromatic carbocycles. The van der Waals surface area contributed by atoms with Crippen LogP contribution in [0.25, 0.3) is 23.1 Å². The number of para-hydroxylation sites is 1. The third-order valence-corrected chi connectivity index (χ3v) is 5.91. The highest BCUT2D eigenvalue weighted by atomic mass is 16.3. The van der Waals surface area contributed by atoms with Gasteiger partial charge in [-0.15, -0.1) is 0 Å². The fraction of sp³-hybridized carbons (Fsp3) is 0.346. The summed E-state index contributed by atoms with van der Waals surface area (Å²) in [5, 5.41) is 18.4. The van der Waals surface area contributed by atoms with Gasteiger partial charge in [0.15, 0.2) is 0 Å². The minimum Gasteiger partial charge on any atom is -0.390 e. The van der Waals surface area contributed by atoms with Crippen LogP contribution in [0.2, 0.25) is 0 Å². The van der Waals surface area contributed by atoms with Crippen molar-refractivity contribution in [2.45, 2.75) is 38.8 Å². The van der Waals surface area contributed by atoms with Crippen LogP contribution in [0.1, 0.15) is 48.8 Å². The lowest BCUT2D eigenvalue weighted by Crippen LogP contribution is -2.56. The summed E-state index contributed by atoms with van der Waals surface area (Å²) in [6.07, 6.45) is 4.02. The van der Waals surface area contributed by atoms with E-state index in [0.717, 1.165) is 22.2 Å². The maximum atomic E-state index is 13.0. The van der Waals surface area contributed by atoms with Gasteiger partial charge in [0.1, 0.15) is 0 Å². The van der Waals surface area contributed by atoms with Crippen LogP contribution in [0.4, 0.5) is 0 Å². The van der Waals surface area contributed by atoms with Gasteiger partial charge in [-0.1, -0.05) is 36.4 Å². The van der Waals surface area contributed by atoms with Gasteiger partial charge in [-0.05, 0) is 50.6 Å². The first-order valence-electron chi connectivity index (χ1n) is 11.2. The average molecular weight is 447 g/mol. The Morgan fingerprint density at radius 3 is 2.55 bits per heavy atom. The number of fused-ring (bicyclic) bond motifs is 1. The van der Waals surface area contributed by atoms with Crippen molar-refractivity contribution in [2.75, 3.05) is 19.6 Å². The van der Waals surface area contributed by atoms with Crippen molar-refractivity contribution >= 4 is 34.9 Å². The van der Waals surface area contributed by atoms with Gasteiger partial charge in [-0.2, -0.15) is 5.10 Å². The third kappa shape index (κ3) is 5.31. The zero-order chi connectivity index (χ0) is 23.6. The van der Waals surface area contributed by atoms with Gasteiger partial charge in [0, 0.05) is 36.6 Å². The van der Waals surface area contributed by atoms with Crippen LogP contribution in [-0.2, 0) is 4.79 Å². The molecule has 1 aromatic heterocycles. The number of hydrogen-bond acceptors (Lipinski definition) is 4. The molecule has 2 amide bonds. The van der Waals surface area contributed by atoms with E-state index in [9.17, 15) is 14.7 Å². The highest BCUT2D eigenvalue weighted by Gasteiger charge is 2.32. The summed E-state index contributed by atoms with van der Waals surface area (Å²) < 4.78 is 0. The second kappa shape index (κ2) is 9.19. The predicted molar refractivity (Wildman–Crippen MR) is 129 cm³/mol. The quantitative estimate of drug-likeness (QED) is 0.627. The first-order valence-corrected chi connectivity index (χ1v) is 11.2. The first kappa shape index (κ1) is 22.7. The summed E-state index contributed by atoms with van der Waals surface area (Å²) in [6.45, 7) is 6.63. The van der Waals surface area contributed by atoms with Crippen LogP contribution < -0.4 is 0 Å². The van der Waals surface area contributed by atoms with Gasteiger partial charge in [-0.3, -0.25) is 14.7 Å². The summed E-state index contributed by atoms with van der Waals surface area (Å²) in [4.78, 5) is 29.0. The number of carbonyl (C=O) groups excluding carboxylic acids is 2. The molecule has 1 atom stereocenters. The van der Waals surface area contributed by atoms with Crippen molar-refractivity contribution in [1.82, 2.24) is 20.0 Å². The third-order valence-electron chi connectivity index (χ3n) is 5.91. The summed E-state index contributed by atoms with van der Waals surface area (Å²) in [5.74, 6) is -0.117. The first-order chi connectivity index (χ1) is 15.7. The van der Waals surface area contributed by atoms with Crippen LogP contribution >= 0.6 is 0 Å². The number of carbonyl (C=O) groups is 2. The van der Waals surface area contributed by atoms with Gasteiger partial charge < -0.3 is 14.9 Å². The Balaban J connectivity index is 1.38. The Hall–Kier alpha value is -3.45. The maximum absolute atomic E-state index is 13.0. The van der Waals surface area contributed by atoms with Crippen LogP contribution in [0, 0.1) is 0 Å². The molecule has 2 N–H and O–H groups in total. The molecule has 172 valence electrons. The molecule has 1 saturated heterocycles. The number of aromatic nitrogens is 2. The second-order valence-corrected chi connectivity index (χ2v) is 9.29. The lowest BCUT2D eigenvalue weighted by molar-refractivity contribution is -0.139. The molecule has 7 heteroatoms. The molecule has 2 heterocycles. The van der Waals surface area contributed by atoms with Crippen molar-refractivity contribution < 1.29 is 14.7 Å². The standard InChI is InChI=1S/C26H30N4O3/c1-18-17-29(14-15-30(18)24(31)16-26(2,3)33)25(32)20-11-8-19(9-12-20)10-13-23-21-6-4-5-7-22(21)27-28-23/h4-13,18,33H,14-17H2,1-3H3,(H,27,28)/b13-10+/t18-/m0/s1. The van der Waals surface area contributed by atoms with E-state index in [4.69, 9.17) is 0 Å². The number of benzene rings is 2. The minimum absolute atomic E-state index is 0.0368. The average Bonchev–Trinajstić information content (AvgIpc) is 3.19. The van der Waals surface area contributed by atoms with E-state index in [1.165, 1.54) is 0 Å². The summed E-state index contributed by atoms with van der Waals surface area (Å²) >= 11 is 0. The van der Waals surface area contributed by atoms with Crippen molar-refractivity contribution in [1.29, 1.82) is 0 Å². The largest absolute Gasteiger partial charge is 0.390 e. The van der Waals surface area contributed by atoms with Gasteiger partial charge >= 0.3 is 0 Å². The fourth-order valence-electron chi connectivity index (χ4n) is 4.19. The Kier molecular flexibility index (Phi) is 6.33. The van der Waals surface area contributed by atoms with Crippen LogP contribution in [-0.4, -0.2) is 68.2 Å². The Bertz CT molecular complexity index is 1170. The molecule has 0 saturated carbocycles. The predicted octanol–water partition coefficient (Wildman–Crippen LogP) is 3.57. The number of rotatable bonds is 5. The molecular weight excluding hydrogens is 416 g/mol. The monoisotopic (exact) mass is 446 g/mol. The lowest BCUT2D eigenvalue weighted by atomic mass is 10.0. The zero-order valence-corrected chi connectivity index (χ0v) is 19.3. The van der Waals surface area contributed by atoms with E-state index in [0.29, 0.717) is 25.2 Å². The highest BCUT2D eigenvalue weighted by molar-refractivity contribution is 5.95. The number of hydrogen-bond donors (Lipinski definition) is 2. The van der Waals surface area contributed by atoms with Gasteiger partial charge in [-0.25, -0.2) is 0 Å². The van der Waals surface area contributed by atoms with E-state index in [-0.39, 0.29) is 24.3 Å². The summed E-state index contributed by atoms with van der Waals surface area (Å²) in [7, 11) is 0. The Morgan fingerprint density at radius 1 is 1.12 bits per heavy atom. The van der Waals surface area contributed by atoms with E-state index < -0.39 is 5.60 Å². The number of aliphatic hydroxyl groups is 1. The van der Waals surface area contributed by atoms with Gasteiger partial charge in [0.05, 0.1) is 23.2 Å². The van der Waals surface area contributed by atoms with Crippen molar-refractivity contribution in [2.24, 2.45) is 0 Å². The molecule has 0 aliphatic carbocycles. The molecule has 0 radical (unpaired) electrons. The molecule has 1 aliphatic rings. The fourth-order valence-corrected chi connectivity index (χ4v) is 4.19. The number of nitrogens with one attached hydrogen (secondary N) is 1. The highest BCUT2D eigenvalue weighted by Crippen LogP contribution is 2.20. The van der Waals surface area contributed by atoms with Crippen molar-refractivity contribution in [3.63, 3.8) is 0 Å². The molecule has 1 fully saturated rings. The molecule has 0 bridgehead atoms. The van der Waals surface area contributed by atoms with E-state index >= 15 is 0 Å². The normalized spacial score (nSPS) is 17.2. The lowest BCUT2D eigenvalue weighted by Gasteiger charge is -2.40. The topological polar surface area (TPSA) is 89.5 Å². The van der Waals surface area contributed by atoms with Crippen molar-refractivity contribution in [3.05, 3.63) is 65.4 Å². The molecular formula is C26H30N4O3. The molecule has 33 heavy (non-hydrogen) atoms. The molecule has 7 nitrogen and oxygen atoms in total. The van der Waals surface area contributed by atoms with E-state index in [2.05, 4.69) is 10.2 Å². The molecule has 4 rings (SSSR count). The number of H-pyrrole nitrogens is 1. The zero-order valence-electron chi connectivity index (χ0n) is 19.3. The van der Waals surface area contributed by atoms with Gasteiger partial charge in [0.2, 0.25) is 5.91 Å². The summed E-state index contributed by atoms with van der Waals surface area (Å²) in [6, 6.07) is 15.4. The number of aromatic amines is 1. The molecule has 0 unspecified atom stereocenters. The van der Waals surface area contributed by atoms with Crippen LogP contribution in [0.3, 0.4) is 0 Å². The SMILES string of the molecule is C[C@H]1CN(C(=O)c2ccc(/C=C/c3n[nH]c4ccccc34)cc2)CCN1C(=O)CC(C)(C)O. The molecule has 1 aliphatic heterocycles. The van der Waals surface area contributed by atoms with Crippen molar-refractivity contribution in [3.8, 4) is 0 Å². The second-order valence-electron chi connectivity index (χ2n) is 9.29. The number of nitrogens with zero attached hydrogens (tertiary/aromatic N) is 3. The number of piperazine rings is 1. The molecule has 3 aromatic rings. The Labute approximate surface area is 193 Å². The van der Waals surface area contributed by atoms with E-state index in [1.54, 1.807) is 23.6 Å². The van der Waals surface area contributed by atoms with Gasteiger partial charge in [0.25, 0.3) is 5.91 Å². The Morgan fingerprint density at radius 2 is 1.85 bits per heavy atom. The molecule has 0 spiro atoms. The van der Waals surface area contributed by atoms with E-state index in [1.807, 2.05) is 67.6 Å². The summed E-state index contributed by atoms with van der Waals surface area (Å²) in [5.41, 5.74) is 2.44. The van der Waals surface area contributed by atoms with Crippen LogP contribution in [0.15, 0.2) is 48.5 Å². The van der Waals surface area contributed by atoms with Crippen LogP contribution in [0.5, 0.6) is 0 Å².